The van der Waals surface area contributed by atoms with Gasteiger partial charge in [0, 0.05) is 49.0 Å². The van der Waals surface area contributed by atoms with E-state index in [9.17, 15) is 14.7 Å². The minimum atomic E-state index is -0.716. The lowest BCUT2D eigenvalue weighted by Gasteiger charge is -2.25. The molecular formula is C26H34N4O3. The number of rotatable bonds is 11. The summed E-state index contributed by atoms with van der Waals surface area (Å²) < 4.78 is 0. The molecule has 1 aliphatic heterocycles. The van der Waals surface area contributed by atoms with Crippen LogP contribution in [0, 0.1) is 0 Å². The van der Waals surface area contributed by atoms with Crippen LogP contribution in [0.2, 0.25) is 0 Å². The van der Waals surface area contributed by atoms with Crippen LogP contribution in [0.1, 0.15) is 48.5 Å². The van der Waals surface area contributed by atoms with Crippen molar-refractivity contribution >= 4 is 23.2 Å². The number of hydrogen-bond donors (Lipinski definition) is 4. The van der Waals surface area contributed by atoms with Gasteiger partial charge in [0.2, 0.25) is 5.91 Å². The summed E-state index contributed by atoms with van der Waals surface area (Å²) in [5.74, 6) is -0.174. The van der Waals surface area contributed by atoms with E-state index < -0.39 is 12.1 Å². The van der Waals surface area contributed by atoms with Gasteiger partial charge in [0.15, 0.2) is 0 Å². The lowest BCUT2D eigenvalue weighted by Crippen LogP contribution is -2.49. The fourth-order valence-corrected chi connectivity index (χ4v) is 4.25. The number of hydrogen-bond acceptors (Lipinski definition) is 5. The topological polar surface area (TPSA) is 93.7 Å². The van der Waals surface area contributed by atoms with E-state index in [0.717, 1.165) is 36.2 Å². The number of nitrogens with zero attached hydrogens (tertiary/aromatic N) is 1. The smallest absolute Gasteiger partial charge is 0.251 e. The van der Waals surface area contributed by atoms with Gasteiger partial charge < -0.3 is 26.0 Å². The molecule has 33 heavy (non-hydrogen) atoms. The van der Waals surface area contributed by atoms with Crippen molar-refractivity contribution in [3.8, 4) is 0 Å². The quantitative estimate of drug-likeness (QED) is 0.422. The highest BCUT2D eigenvalue weighted by Gasteiger charge is 2.27. The number of aliphatic hydroxyl groups excluding tert-OH is 1. The fraction of sp³-hybridized carbons (Fsp3) is 0.462. The van der Waals surface area contributed by atoms with Gasteiger partial charge in [0.25, 0.3) is 5.91 Å². The molecule has 0 bridgehead atoms. The van der Waals surface area contributed by atoms with Gasteiger partial charge in [-0.15, -0.1) is 0 Å². The van der Waals surface area contributed by atoms with E-state index in [4.69, 9.17) is 0 Å². The molecule has 1 saturated carbocycles. The van der Waals surface area contributed by atoms with E-state index in [2.05, 4.69) is 16.0 Å². The highest BCUT2D eigenvalue weighted by Crippen LogP contribution is 2.27. The van der Waals surface area contributed by atoms with Gasteiger partial charge in [-0.3, -0.25) is 9.59 Å². The average molecular weight is 451 g/mol. The first-order chi connectivity index (χ1) is 16.0. The molecule has 0 unspecified atom stereocenters. The third kappa shape index (κ3) is 6.33. The zero-order valence-electron chi connectivity index (χ0n) is 19.2. The number of benzene rings is 2. The molecule has 176 valence electrons. The molecule has 2 amide bonds. The Hall–Kier alpha value is -2.90. The molecule has 2 aromatic rings. The Morgan fingerprint density at radius 2 is 1.97 bits per heavy atom. The largest absolute Gasteiger partial charge is 0.390 e. The third-order valence-electron chi connectivity index (χ3n) is 6.22. The van der Waals surface area contributed by atoms with Gasteiger partial charge in [0.1, 0.15) is 0 Å². The number of amides is 2. The van der Waals surface area contributed by atoms with Crippen LogP contribution in [-0.2, 0) is 11.2 Å². The number of carbonyl (C=O) groups excluding carboxylic acids is 2. The van der Waals surface area contributed by atoms with E-state index >= 15 is 0 Å². The molecule has 2 atom stereocenters. The number of nitrogens with one attached hydrogen (secondary N) is 3. The third-order valence-corrected chi connectivity index (χ3v) is 6.22. The van der Waals surface area contributed by atoms with Gasteiger partial charge in [0.05, 0.1) is 12.1 Å². The maximum Gasteiger partial charge on any atom is 0.251 e. The standard InChI is InChI=1S/C26H34N4O3/c1-2-27-21-14-19(15-22(16-21)30-12-6-9-25(30)32)26(33)29-23(13-18-7-4-3-5-8-18)24(31)17-28-20-10-11-20/h3-5,7-8,14-16,20,23-24,27-28,31H,2,6,9-13,17H2,1H3,(H,29,33)/t23-,24-/m0/s1. The van der Waals surface area contributed by atoms with Crippen molar-refractivity contribution in [2.45, 2.75) is 57.2 Å². The average Bonchev–Trinajstić information content (AvgIpc) is 3.55. The molecule has 2 fully saturated rings. The van der Waals surface area contributed by atoms with Crippen LogP contribution in [0.25, 0.3) is 0 Å². The summed E-state index contributed by atoms with van der Waals surface area (Å²) in [6.45, 7) is 3.80. The van der Waals surface area contributed by atoms with Crippen LogP contribution in [0.15, 0.2) is 48.5 Å². The highest BCUT2D eigenvalue weighted by atomic mass is 16.3. The minimum absolute atomic E-state index is 0.0820. The zero-order chi connectivity index (χ0) is 23.2. The number of aliphatic hydroxyl groups is 1. The Morgan fingerprint density at radius 3 is 2.64 bits per heavy atom. The van der Waals surface area contributed by atoms with Crippen molar-refractivity contribution in [3.05, 3.63) is 59.7 Å². The summed E-state index contributed by atoms with van der Waals surface area (Å²) in [4.78, 5) is 27.4. The van der Waals surface area contributed by atoms with E-state index in [1.165, 1.54) is 0 Å². The number of anilines is 2. The van der Waals surface area contributed by atoms with E-state index in [-0.39, 0.29) is 11.8 Å². The molecule has 1 saturated heterocycles. The lowest BCUT2D eigenvalue weighted by molar-refractivity contribution is -0.117. The lowest BCUT2D eigenvalue weighted by atomic mass is 10.00. The molecule has 4 rings (SSSR count). The summed E-state index contributed by atoms with van der Waals surface area (Å²) in [6.07, 6.45) is 3.45. The Balaban J connectivity index is 1.53. The SMILES string of the molecule is CCNc1cc(C(=O)N[C@@H](Cc2ccccc2)[C@@H](O)CNC2CC2)cc(N2CCCC2=O)c1. The molecule has 0 radical (unpaired) electrons. The van der Waals surface area contributed by atoms with Crippen molar-refractivity contribution in [1.82, 2.24) is 10.6 Å². The monoisotopic (exact) mass is 450 g/mol. The van der Waals surface area contributed by atoms with Crippen LogP contribution in [0.3, 0.4) is 0 Å². The second-order valence-electron chi connectivity index (χ2n) is 8.97. The van der Waals surface area contributed by atoms with E-state index in [1.807, 2.05) is 43.3 Å². The molecule has 7 heteroatoms. The summed E-state index contributed by atoms with van der Waals surface area (Å²) in [6, 6.07) is 15.4. The second-order valence-corrected chi connectivity index (χ2v) is 8.97. The van der Waals surface area contributed by atoms with Crippen LogP contribution >= 0.6 is 0 Å². The van der Waals surface area contributed by atoms with Gasteiger partial charge >= 0.3 is 0 Å². The Kier molecular flexibility index (Phi) is 7.62. The van der Waals surface area contributed by atoms with Gasteiger partial charge in [-0.2, -0.15) is 0 Å². The summed E-state index contributed by atoms with van der Waals surface area (Å²) in [5, 5.41) is 20.6. The zero-order valence-corrected chi connectivity index (χ0v) is 19.2. The van der Waals surface area contributed by atoms with E-state index in [1.54, 1.807) is 17.0 Å². The summed E-state index contributed by atoms with van der Waals surface area (Å²) in [5.41, 5.74) is 3.06. The van der Waals surface area contributed by atoms with Crippen molar-refractivity contribution < 1.29 is 14.7 Å². The van der Waals surface area contributed by atoms with E-state index in [0.29, 0.717) is 44.1 Å². The Labute approximate surface area is 195 Å². The normalized spacial score (nSPS) is 17.6. The van der Waals surface area contributed by atoms with Crippen LogP contribution < -0.4 is 20.9 Å². The molecule has 2 aliphatic rings. The minimum Gasteiger partial charge on any atom is -0.390 e. The molecule has 0 spiro atoms. The predicted molar refractivity (Wildman–Crippen MR) is 131 cm³/mol. The predicted octanol–water partition coefficient (Wildman–Crippen LogP) is 2.70. The summed E-state index contributed by atoms with van der Waals surface area (Å²) >= 11 is 0. The van der Waals surface area contributed by atoms with Crippen molar-refractivity contribution in [3.63, 3.8) is 0 Å². The van der Waals surface area contributed by atoms with Gasteiger partial charge in [-0.05, 0) is 56.4 Å². The van der Waals surface area contributed by atoms with Gasteiger partial charge in [-0.25, -0.2) is 0 Å². The molecule has 2 aromatic carbocycles. The highest BCUT2D eigenvalue weighted by molar-refractivity contribution is 6.00. The molecule has 7 nitrogen and oxygen atoms in total. The molecule has 1 heterocycles. The maximum absolute atomic E-state index is 13.3. The van der Waals surface area contributed by atoms with Crippen LogP contribution in [-0.4, -0.2) is 54.7 Å². The first-order valence-electron chi connectivity index (χ1n) is 12.0. The Bertz CT molecular complexity index is 961. The Morgan fingerprint density at radius 1 is 1.18 bits per heavy atom. The fourth-order valence-electron chi connectivity index (χ4n) is 4.25. The van der Waals surface area contributed by atoms with Crippen LogP contribution in [0.4, 0.5) is 11.4 Å². The first-order valence-corrected chi connectivity index (χ1v) is 12.0. The first kappa shape index (κ1) is 23.3. The van der Waals surface area contributed by atoms with Crippen molar-refractivity contribution in [2.24, 2.45) is 0 Å². The van der Waals surface area contributed by atoms with Gasteiger partial charge in [-0.1, -0.05) is 30.3 Å². The molecule has 4 N–H and O–H groups in total. The van der Waals surface area contributed by atoms with Crippen LogP contribution in [0.5, 0.6) is 0 Å². The number of carbonyl (C=O) groups is 2. The summed E-state index contributed by atoms with van der Waals surface area (Å²) in [7, 11) is 0. The maximum atomic E-state index is 13.3. The molecule has 1 aliphatic carbocycles. The molecule has 0 aromatic heterocycles. The van der Waals surface area contributed by atoms with Crippen molar-refractivity contribution in [2.75, 3.05) is 29.9 Å². The second kappa shape index (κ2) is 10.8. The van der Waals surface area contributed by atoms with Crippen molar-refractivity contribution in [1.29, 1.82) is 0 Å². The molecular weight excluding hydrogens is 416 g/mol.